The standard InChI is InChI=1S/C27H25BrN2O3S2/c1-3-27(2)13-20-22(15-33-27)35-24-23(20)25(32)30(14-17-7-5-4-6-8-17)26(29-24)34-16-21(31)18-9-11-19(28)12-10-18/h4-12H,3,13-16H2,1-2H3/t27-/m1/s1. The summed E-state index contributed by atoms with van der Waals surface area (Å²) in [5, 5.41) is 1.27. The molecule has 2 aromatic heterocycles. The SMILES string of the molecule is CC[C@]1(C)Cc2c(sc3nc(SCC(=O)c4ccc(Br)cc4)n(Cc4ccccc4)c(=O)c23)CO1. The molecule has 0 saturated carbocycles. The van der Waals surface area contributed by atoms with Gasteiger partial charge < -0.3 is 4.74 Å². The minimum absolute atomic E-state index is 0.000642. The third kappa shape index (κ3) is 5.03. The number of rotatable bonds is 7. The first kappa shape index (κ1) is 24.4. The Hall–Kier alpha value is -2.26. The van der Waals surface area contributed by atoms with Gasteiger partial charge in [0.05, 0.1) is 29.9 Å². The number of nitrogens with zero attached hydrogens (tertiary/aromatic N) is 2. The first-order valence-electron chi connectivity index (χ1n) is 11.5. The fourth-order valence-electron chi connectivity index (χ4n) is 4.23. The van der Waals surface area contributed by atoms with Crippen molar-refractivity contribution in [2.45, 2.75) is 50.6 Å². The molecule has 4 aromatic rings. The van der Waals surface area contributed by atoms with Gasteiger partial charge in [0, 0.05) is 21.3 Å². The predicted octanol–water partition coefficient (Wildman–Crippen LogP) is 6.49. The van der Waals surface area contributed by atoms with Crippen molar-refractivity contribution in [1.82, 2.24) is 9.55 Å². The number of halogens is 1. The Labute approximate surface area is 220 Å². The number of hydrogen-bond donors (Lipinski definition) is 0. The summed E-state index contributed by atoms with van der Waals surface area (Å²) in [6, 6.07) is 17.2. The van der Waals surface area contributed by atoms with E-state index >= 15 is 0 Å². The second-order valence-corrected chi connectivity index (χ2v) is 11.9. The minimum atomic E-state index is -0.276. The molecule has 0 unspecified atom stereocenters. The Morgan fingerprint density at radius 2 is 1.94 bits per heavy atom. The van der Waals surface area contributed by atoms with Gasteiger partial charge >= 0.3 is 0 Å². The van der Waals surface area contributed by atoms with Gasteiger partial charge in [-0.05, 0) is 36.6 Å². The Morgan fingerprint density at radius 3 is 2.66 bits per heavy atom. The van der Waals surface area contributed by atoms with E-state index in [0.717, 1.165) is 31.7 Å². The van der Waals surface area contributed by atoms with Crippen LogP contribution in [0.3, 0.4) is 0 Å². The summed E-state index contributed by atoms with van der Waals surface area (Å²) in [7, 11) is 0. The van der Waals surface area contributed by atoms with Gasteiger partial charge in [0.1, 0.15) is 4.83 Å². The second kappa shape index (κ2) is 10.0. The molecule has 5 rings (SSSR count). The zero-order chi connectivity index (χ0) is 24.6. The van der Waals surface area contributed by atoms with Crippen molar-refractivity contribution in [3.63, 3.8) is 0 Å². The largest absolute Gasteiger partial charge is 0.369 e. The number of benzene rings is 2. The van der Waals surface area contributed by atoms with Crippen LogP contribution in [0, 0.1) is 0 Å². The van der Waals surface area contributed by atoms with E-state index in [-0.39, 0.29) is 22.7 Å². The number of carbonyl (C=O) groups excluding carboxylic acids is 1. The molecule has 0 radical (unpaired) electrons. The van der Waals surface area contributed by atoms with Crippen molar-refractivity contribution in [3.05, 3.63) is 91.0 Å². The number of ether oxygens (including phenoxy) is 1. The molecule has 35 heavy (non-hydrogen) atoms. The second-order valence-electron chi connectivity index (χ2n) is 8.94. The molecule has 2 aromatic carbocycles. The van der Waals surface area contributed by atoms with E-state index in [4.69, 9.17) is 9.72 Å². The molecule has 0 spiro atoms. The van der Waals surface area contributed by atoms with Crippen LogP contribution in [0.25, 0.3) is 10.2 Å². The molecule has 0 amide bonds. The lowest BCUT2D eigenvalue weighted by Crippen LogP contribution is -2.34. The van der Waals surface area contributed by atoms with E-state index < -0.39 is 0 Å². The van der Waals surface area contributed by atoms with Gasteiger partial charge in [-0.3, -0.25) is 14.2 Å². The van der Waals surface area contributed by atoms with Crippen molar-refractivity contribution in [3.8, 4) is 0 Å². The molecule has 0 bridgehead atoms. The highest BCUT2D eigenvalue weighted by Gasteiger charge is 2.33. The van der Waals surface area contributed by atoms with Crippen molar-refractivity contribution >= 4 is 55.0 Å². The lowest BCUT2D eigenvalue weighted by molar-refractivity contribution is -0.0543. The smallest absolute Gasteiger partial charge is 0.263 e. The van der Waals surface area contributed by atoms with Crippen LogP contribution < -0.4 is 5.56 Å². The van der Waals surface area contributed by atoms with Crippen LogP contribution in [0.1, 0.15) is 46.6 Å². The summed E-state index contributed by atoms with van der Waals surface area (Å²) >= 11 is 6.26. The van der Waals surface area contributed by atoms with Gasteiger partial charge in [-0.25, -0.2) is 4.98 Å². The van der Waals surface area contributed by atoms with Gasteiger partial charge in [-0.2, -0.15) is 0 Å². The monoisotopic (exact) mass is 568 g/mol. The predicted molar refractivity (Wildman–Crippen MR) is 146 cm³/mol. The van der Waals surface area contributed by atoms with Gasteiger partial charge in [-0.15, -0.1) is 11.3 Å². The van der Waals surface area contributed by atoms with Crippen molar-refractivity contribution in [2.24, 2.45) is 0 Å². The lowest BCUT2D eigenvalue weighted by Gasteiger charge is -2.32. The highest BCUT2D eigenvalue weighted by atomic mass is 79.9. The molecule has 3 heterocycles. The summed E-state index contributed by atoms with van der Waals surface area (Å²) in [5.74, 6) is 0.205. The summed E-state index contributed by atoms with van der Waals surface area (Å²) in [6.07, 6.45) is 1.58. The van der Waals surface area contributed by atoms with Crippen molar-refractivity contribution < 1.29 is 9.53 Å². The zero-order valence-corrected chi connectivity index (χ0v) is 22.8. The third-order valence-corrected chi connectivity index (χ3v) is 9.10. The van der Waals surface area contributed by atoms with Crippen LogP contribution in [0.15, 0.2) is 69.0 Å². The number of thiophene rings is 1. The van der Waals surface area contributed by atoms with E-state index in [2.05, 4.69) is 29.8 Å². The number of fused-ring (bicyclic) bond motifs is 3. The summed E-state index contributed by atoms with van der Waals surface area (Å²) in [5.41, 5.74) is 2.41. The first-order valence-corrected chi connectivity index (χ1v) is 14.1. The van der Waals surface area contributed by atoms with Crippen LogP contribution >= 0.6 is 39.0 Å². The molecular formula is C27H25BrN2O3S2. The Morgan fingerprint density at radius 1 is 1.20 bits per heavy atom. The third-order valence-electron chi connectivity index (χ3n) is 6.49. The molecule has 180 valence electrons. The van der Waals surface area contributed by atoms with Crippen molar-refractivity contribution in [2.75, 3.05) is 5.75 Å². The molecule has 1 atom stereocenters. The number of Topliss-reactive ketones (excluding diaryl/α,β-unsaturated/α-hetero) is 1. The molecule has 0 N–H and O–H groups in total. The maximum Gasteiger partial charge on any atom is 0.263 e. The molecule has 5 nitrogen and oxygen atoms in total. The van der Waals surface area contributed by atoms with Crippen LogP contribution in [-0.4, -0.2) is 26.7 Å². The maximum absolute atomic E-state index is 13.9. The molecule has 8 heteroatoms. The van der Waals surface area contributed by atoms with Gasteiger partial charge in [0.25, 0.3) is 5.56 Å². The molecular weight excluding hydrogens is 544 g/mol. The zero-order valence-electron chi connectivity index (χ0n) is 19.5. The van der Waals surface area contributed by atoms with E-state index in [1.165, 1.54) is 23.1 Å². The fraction of sp³-hybridized carbons (Fsp3) is 0.296. The van der Waals surface area contributed by atoms with Gasteiger partial charge in [0.2, 0.25) is 0 Å². The van der Waals surface area contributed by atoms with Crippen LogP contribution in [-0.2, 0) is 24.3 Å². The van der Waals surface area contributed by atoms with E-state index in [1.807, 2.05) is 42.5 Å². The van der Waals surface area contributed by atoms with E-state index in [0.29, 0.717) is 35.7 Å². The van der Waals surface area contributed by atoms with Gasteiger partial charge in [0.15, 0.2) is 10.9 Å². The molecule has 1 aliphatic rings. The highest BCUT2D eigenvalue weighted by molar-refractivity contribution is 9.10. The first-order chi connectivity index (χ1) is 16.9. The van der Waals surface area contributed by atoms with Crippen LogP contribution in [0.4, 0.5) is 0 Å². The lowest BCUT2D eigenvalue weighted by atomic mass is 9.90. The number of carbonyl (C=O) groups is 1. The van der Waals surface area contributed by atoms with Gasteiger partial charge in [-0.1, -0.05) is 77.1 Å². The van der Waals surface area contributed by atoms with E-state index in [9.17, 15) is 9.59 Å². The summed E-state index contributed by atoms with van der Waals surface area (Å²) in [6.45, 7) is 5.13. The average Bonchev–Trinajstić information content (AvgIpc) is 3.23. The fourth-order valence-corrected chi connectivity index (χ4v) is 6.53. The minimum Gasteiger partial charge on any atom is -0.369 e. The molecule has 0 saturated heterocycles. The molecule has 1 aliphatic heterocycles. The van der Waals surface area contributed by atoms with Crippen LogP contribution in [0.5, 0.6) is 0 Å². The normalized spacial score (nSPS) is 17.5. The summed E-state index contributed by atoms with van der Waals surface area (Å²) in [4.78, 5) is 33.5. The number of aromatic nitrogens is 2. The van der Waals surface area contributed by atoms with E-state index in [1.54, 1.807) is 16.7 Å². The highest BCUT2D eigenvalue weighted by Crippen LogP contribution is 2.39. The average molecular weight is 570 g/mol. The number of thioether (sulfide) groups is 1. The molecule has 0 fully saturated rings. The quantitative estimate of drug-likeness (QED) is 0.145. The Kier molecular flexibility index (Phi) is 6.99. The molecule has 0 aliphatic carbocycles. The van der Waals surface area contributed by atoms with Crippen LogP contribution in [0.2, 0.25) is 0 Å². The number of hydrogen-bond acceptors (Lipinski definition) is 6. The summed E-state index contributed by atoms with van der Waals surface area (Å²) < 4.78 is 8.77. The van der Waals surface area contributed by atoms with Crippen molar-refractivity contribution in [1.29, 1.82) is 0 Å². The maximum atomic E-state index is 13.9. The Balaban J connectivity index is 1.55. The Bertz CT molecular complexity index is 1450. The number of ketones is 1. The topological polar surface area (TPSA) is 61.2 Å².